The van der Waals surface area contributed by atoms with E-state index in [1.807, 2.05) is 0 Å². The molecule has 0 unspecified atom stereocenters. The smallest absolute Gasteiger partial charge is 0.128 e. The van der Waals surface area contributed by atoms with Gasteiger partial charge in [-0.05, 0) is 0 Å². The average molecular weight is 159 g/mol. The molecule has 0 fully saturated rings. The zero-order chi connectivity index (χ0) is 3.58. The average Bonchev–Trinajstić information content (AvgIpc) is 0.811. The predicted molar refractivity (Wildman–Crippen MR) is 25.8 cm³/mol. The van der Waals surface area contributed by atoms with Crippen molar-refractivity contribution in [2.45, 2.75) is 0 Å². The molecule has 0 bridgehead atoms. The minimum atomic E-state index is 0. The maximum Gasteiger partial charge on any atom is 0.128 e. The van der Waals surface area contributed by atoms with Gasteiger partial charge in [0.15, 0.2) is 0 Å². The molecular formula is CH3NS2Zn. The third-order valence-corrected chi connectivity index (χ3v) is 0. The van der Waals surface area contributed by atoms with Crippen LogP contribution in [0.1, 0.15) is 0 Å². The zero-order valence-electron chi connectivity index (χ0n) is 2.64. The fourth-order valence-corrected chi connectivity index (χ4v) is 0. The van der Waals surface area contributed by atoms with E-state index in [9.17, 15) is 0 Å². The number of thiol groups is 1. The second-order valence-electron chi connectivity index (χ2n) is 0.338. The van der Waals surface area contributed by atoms with Gasteiger partial charge >= 0.3 is 0 Å². The van der Waals surface area contributed by atoms with Gasteiger partial charge in [-0.25, -0.2) is 0 Å². The number of nitrogens with two attached hydrogens (primary N) is 1. The van der Waals surface area contributed by atoms with E-state index < -0.39 is 0 Å². The van der Waals surface area contributed by atoms with Crippen molar-refractivity contribution in [1.29, 1.82) is 0 Å². The first-order valence-electron chi connectivity index (χ1n) is 0.716. The Kier molecular flexibility index (Phi) is 9.04. The fraction of sp³-hybridized carbons (Fsp3) is 0. The van der Waals surface area contributed by atoms with E-state index in [2.05, 4.69) is 24.8 Å². The third kappa shape index (κ3) is 53.5. The van der Waals surface area contributed by atoms with Crippen molar-refractivity contribution < 1.29 is 19.5 Å². The maximum atomic E-state index is 4.71. The van der Waals surface area contributed by atoms with E-state index in [4.69, 9.17) is 5.73 Å². The molecule has 0 rings (SSSR count). The molecule has 0 aromatic heterocycles. The molecule has 0 aromatic rings. The van der Waals surface area contributed by atoms with Crippen molar-refractivity contribution in [2.24, 2.45) is 5.73 Å². The van der Waals surface area contributed by atoms with Crippen LogP contribution < -0.4 is 5.73 Å². The summed E-state index contributed by atoms with van der Waals surface area (Å²) in [6, 6.07) is 0. The molecule has 5 heavy (non-hydrogen) atoms. The Morgan fingerprint density at radius 2 is 1.80 bits per heavy atom. The van der Waals surface area contributed by atoms with E-state index in [1.54, 1.807) is 0 Å². The zero-order valence-corrected chi connectivity index (χ0v) is 7.32. The number of thiocarbonyl (C=S) groups is 1. The molecule has 0 radical (unpaired) electrons. The van der Waals surface area contributed by atoms with Gasteiger partial charge in [0.1, 0.15) is 4.32 Å². The van der Waals surface area contributed by atoms with E-state index in [-0.39, 0.29) is 23.8 Å². The van der Waals surface area contributed by atoms with Crippen LogP contribution in [0.5, 0.6) is 0 Å². The number of rotatable bonds is 0. The van der Waals surface area contributed by atoms with Gasteiger partial charge in [-0.2, -0.15) is 0 Å². The van der Waals surface area contributed by atoms with Crippen LogP contribution >= 0.6 is 24.8 Å². The maximum absolute atomic E-state index is 4.71. The minimum Gasteiger partial charge on any atom is -0.385 e. The van der Waals surface area contributed by atoms with Gasteiger partial charge in [0, 0.05) is 19.5 Å². The molecule has 4 heteroatoms. The molecule has 2 N–H and O–H groups in total. The Balaban J connectivity index is 0. The normalized spacial score (nSPS) is 5.00. The Hall–Kier alpha value is 0.863. The van der Waals surface area contributed by atoms with Gasteiger partial charge in [-0.15, -0.1) is 12.6 Å². The molecule has 0 aliphatic carbocycles. The van der Waals surface area contributed by atoms with Crippen molar-refractivity contribution in [1.82, 2.24) is 0 Å². The molecule has 0 spiro atoms. The summed E-state index contributed by atoms with van der Waals surface area (Å²) in [4.78, 5) is 0. The number of hydrogen-bond donors (Lipinski definition) is 2. The van der Waals surface area contributed by atoms with Crippen molar-refractivity contribution in [3.63, 3.8) is 0 Å². The van der Waals surface area contributed by atoms with Crippen LogP contribution in [0.15, 0.2) is 0 Å². The molecule has 0 aliphatic heterocycles. The van der Waals surface area contributed by atoms with Gasteiger partial charge in [0.2, 0.25) is 0 Å². The Bertz CT molecular complexity index is 32.6. The van der Waals surface area contributed by atoms with E-state index in [1.165, 1.54) is 0 Å². The largest absolute Gasteiger partial charge is 0.385 e. The summed E-state index contributed by atoms with van der Waals surface area (Å²) in [5.41, 5.74) is 4.71. The summed E-state index contributed by atoms with van der Waals surface area (Å²) in [7, 11) is 0. The van der Waals surface area contributed by atoms with Gasteiger partial charge in [0.25, 0.3) is 0 Å². The number of hydrogen-bond acceptors (Lipinski definition) is 1. The summed E-state index contributed by atoms with van der Waals surface area (Å²) < 4.78 is 0.194. The molecule has 0 saturated heterocycles. The van der Waals surface area contributed by atoms with Crippen molar-refractivity contribution >= 4 is 29.2 Å². The fourth-order valence-electron chi connectivity index (χ4n) is 0. The second-order valence-corrected chi connectivity index (χ2v) is 1.56. The summed E-state index contributed by atoms with van der Waals surface area (Å²) in [6.45, 7) is 0. The molecule has 0 atom stereocenters. The molecule has 1 nitrogen and oxygen atoms in total. The van der Waals surface area contributed by atoms with Gasteiger partial charge in [0.05, 0.1) is 0 Å². The van der Waals surface area contributed by atoms with Crippen LogP contribution in [0.2, 0.25) is 0 Å². The van der Waals surface area contributed by atoms with Crippen LogP contribution in [-0.2, 0) is 19.5 Å². The Morgan fingerprint density at radius 3 is 1.80 bits per heavy atom. The van der Waals surface area contributed by atoms with Crippen molar-refractivity contribution in [2.75, 3.05) is 0 Å². The van der Waals surface area contributed by atoms with Crippen molar-refractivity contribution in [3.05, 3.63) is 0 Å². The molecule has 0 aromatic carbocycles. The molecule has 26 valence electrons. The van der Waals surface area contributed by atoms with E-state index >= 15 is 0 Å². The van der Waals surface area contributed by atoms with Crippen molar-refractivity contribution in [3.8, 4) is 0 Å². The SMILES string of the molecule is NC(=S)S.[Zn]. The van der Waals surface area contributed by atoms with Gasteiger partial charge < -0.3 is 5.73 Å². The van der Waals surface area contributed by atoms with Crippen LogP contribution in [-0.4, -0.2) is 4.32 Å². The first-order valence-corrected chi connectivity index (χ1v) is 1.57. The molecule has 0 amide bonds. The minimum absolute atomic E-state index is 0. The third-order valence-electron chi connectivity index (χ3n) is 0. The van der Waals surface area contributed by atoms with Gasteiger partial charge in [-0.3, -0.25) is 0 Å². The molecular weight excluding hydrogens is 156 g/mol. The quantitative estimate of drug-likeness (QED) is 0.298. The second kappa shape index (κ2) is 4.86. The molecule has 0 aliphatic rings. The van der Waals surface area contributed by atoms with Crippen LogP contribution in [0.25, 0.3) is 0 Å². The summed E-state index contributed by atoms with van der Waals surface area (Å²) in [5.74, 6) is 0. The summed E-state index contributed by atoms with van der Waals surface area (Å²) in [6.07, 6.45) is 0. The van der Waals surface area contributed by atoms with E-state index in [0.717, 1.165) is 0 Å². The molecule has 0 saturated carbocycles. The monoisotopic (exact) mass is 157 g/mol. The van der Waals surface area contributed by atoms with E-state index in [0.29, 0.717) is 0 Å². The topological polar surface area (TPSA) is 26.0 Å². The summed E-state index contributed by atoms with van der Waals surface area (Å²) >= 11 is 7.65. The van der Waals surface area contributed by atoms with Crippen LogP contribution in [0.3, 0.4) is 0 Å². The molecule has 0 heterocycles. The Morgan fingerprint density at radius 1 is 1.80 bits per heavy atom. The van der Waals surface area contributed by atoms with Gasteiger partial charge in [-0.1, -0.05) is 12.2 Å². The first kappa shape index (κ1) is 9.29. The van der Waals surface area contributed by atoms with Crippen LogP contribution in [0, 0.1) is 0 Å². The first-order chi connectivity index (χ1) is 1.73. The summed E-state index contributed by atoms with van der Waals surface area (Å²) in [5, 5.41) is 0. The van der Waals surface area contributed by atoms with Crippen LogP contribution in [0.4, 0.5) is 0 Å². The standard InChI is InChI=1S/CH3NS2.Zn/c2-1(3)4;/h(H3,2,3,4);. The Labute approximate surface area is 54.5 Å². The predicted octanol–water partition coefficient (Wildman–Crippen LogP) is 0.157.